The van der Waals surface area contributed by atoms with E-state index in [0.29, 0.717) is 16.7 Å². The summed E-state index contributed by atoms with van der Waals surface area (Å²) in [6, 6.07) is 4.76. The molecule has 3 amide bonds. The van der Waals surface area contributed by atoms with Crippen LogP contribution in [0.3, 0.4) is 0 Å². The highest BCUT2D eigenvalue weighted by Crippen LogP contribution is 2.22. The number of amides is 3. The molecule has 1 aliphatic rings. The lowest BCUT2D eigenvalue weighted by molar-refractivity contribution is 0.0693. The zero-order valence-corrected chi connectivity index (χ0v) is 14.0. The van der Waals surface area contributed by atoms with E-state index in [1.54, 1.807) is 12.1 Å². The molecule has 1 aliphatic heterocycles. The molecule has 0 bridgehead atoms. The smallest absolute Gasteiger partial charge is 0.261 e. The summed E-state index contributed by atoms with van der Waals surface area (Å²) in [6.45, 7) is 4.15. The van der Waals surface area contributed by atoms with Gasteiger partial charge in [0.05, 0.1) is 11.1 Å². The number of unbranched alkanes of at least 4 members (excludes halogenated alkanes) is 3. The number of rotatable bonds is 7. The van der Waals surface area contributed by atoms with E-state index in [0.717, 1.165) is 17.7 Å². The minimum atomic E-state index is -0.354. The van der Waals surface area contributed by atoms with Gasteiger partial charge in [-0.25, -0.2) is 0 Å². The highest BCUT2D eigenvalue weighted by atomic mass is 16.2. The van der Waals surface area contributed by atoms with E-state index in [4.69, 9.17) is 0 Å². The lowest BCUT2D eigenvalue weighted by atomic mass is 10.0. The minimum Gasteiger partial charge on any atom is -0.350 e. The van der Waals surface area contributed by atoms with Gasteiger partial charge < -0.3 is 5.32 Å². The van der Waals surface area contributed by atoms with Crippen molar-refractivity contribution in [3.8, 4) is 0 Å². The highest BCUT2D eigenvalue weighted by Gasteiger charge is 2.33. The van der Waals surface area contributed by atoms with Gasteiger partial charge in [0.15, 0.2) is 0 Å². The fourth-order valence-corrected chi connectivity index (χ4v) is 2.76. The Hall–Kier alpha value is -2.17. The summed E-state index contributed by atoms with van der Waals surface area (Å²) in [5, 5.41) is 2.95. The number of hydrogen-bond acceptors (Lipinski definition) is 3. The Balaban J connectivity index is 1.99. The van der Waals surface area contributed by atoms with Crippen molar-refractivity contribution in [1.82, 2.24) is 10.2 Å². The van der Waals surface area contributed by atoms with Gasteiger partial charge in [-0.15, -0.1) is 0 Å². The second-order valence-corrected chi connectivity index (χ2v) is 6.15. The molecule has 1 N–H and O–H groups in total. The van der Waals surface area contributed by atoms with Crippen molar-refractivity contribution in [1.29, 1.82) is 0 Å². The number of hydrogen-bond donors (Lipinski definition) is 1. The van der Waals surface area contributed by atoms with Crippen molar-refractivity contribution in [2.24, 2.45) is 0 Å². The molecule has 1 aromatic rings. The summed E-state index contributed by atoms with van der Waals surface area (Å²) < 4.78 is 0. The first-order valence-corrected chi connectivity index (χ1v) is 8.23. The summed E-state index contributed by atoms with van der Waals surface area (Å²) in [7, 11) is 1.45. The largest absolute Gasteiger partial charge is 0.350 e. The molecule has 0 saturated carbocycles. The first-order valence-electron chi connectivity index (χ1n) is 8.23. The monoisotopic (exact) mass is 316 g/mol. The van der Waals surface area contributed by atoms with Crippen LogP contribution in [-0.2, 0) is 0 Å². The number of carbonyl (C=O) groups is 3. The summed E-state index contributed by atoms with van der Waals surface area (Å²) in [4.78, 5) is 37.2. The van der Waals surface area contributed by atoms with Crippen LogP contribution in [0.5, 0.6) is 0 Å². The molecule has 0 saturated heterocycles. The van der Waals surface area contributed by atoms with Crippen LogP contribution in [0.25, 0.3) is 0 Å². The maximum Gasteiger partial charge on any atom is 0.261 e. The lowest BCUT2D eigenvalue weighted by Crippen LogP contribution is -2.32. The second-order valence-electron chi connectivity index (χ2n) is 6.15. The quantitative estimate of drug-likeness (QED) is 0.621. The Morgan fingerprint density at radius 1 is 1.13 bits per heavy atom. The zero-order chi connectivity index (χ0) is 17.0. The number of nitrogens with one attached hydrogen (secondary N) is 1. The molecule has 124 valence electrons. The van der Waals surface area contributed by atoms with E-state index in [1.165, 1.54) is 32.4 Å². The molecule has 0 radical (unpaired) electrons. The number of carbonyl (C=O) groups excluding carboxylic acids is 3. The molecule has 23 heavy (non-hydrogen) atoms. The van der Waals surface area contributed by atoms with Crippen LogP contribution in [0.2, 0.25) is 0 Å². The van der Waals surface area contributed by atoms with Crippen LogP contribution in [0.1, 0.15) is 77.0 Å². The number of fused-ring (bicyclic) bond motifs is 1. The van der Waals surface area contributed by atoms with Crippen LogP contribution in [0.15, 0.2) is 18.2 Å². The van der Waals surface area contributed by atoms with Gasteiger partial charge in [0.1, 0.15) is 0 Å². The molecule has 0 aromatic heterocycles. The molecule has 0 fully saturated rings. The Labute approximate surface area is 137 Å². The van der Waals surface area contributed by atoms with Crippen molar-refractivity contribution in [3.05, 3.63) is 34.9 Å². The third-order valence-corrected chi connectivity index (χ3v) is 4.22. The Morgan fingerprint density at radius 3 is 2.52 bits per heavy atom. The van der Waals surface area contributed by atoms with E-state index < -0.39 is 0 Å². The molecule has 0 aliphatic carbocycles. The number of imide groups is 1. The molecule has 0 spiro atoms. The first-order chi connectivity index (χ1) is 11.0. The molecular weight excluding hydrogens is 292 g/mol. The van der Waals surface area contributed by atoms with Gasteiger partial charge in [0.25, 0.3) is 17.7 Å². The molecular formula is C18H24N2O3. The van der Waals surface area contributed by atoms with E-state index >= 15 is 0 Å². The fraction of sp³-hybridized carbons (Fsp3) is 0.500. The van der Waals surface area contributed by atoms with Crippen LogP contribution in [-0.4, -0.2) is 35.7 Å². The Kier molecular flexibility index (Phi) is 5.53. The Morgan fingerprint density at radius 2 is 1.83 bits per heavy atom. The van der Waals surface area contributed by atoms with E-state index in [-0.39, 0.29) is 23.8 Å². The van der Waals surface area contributed by atoms with Gasteiger partial charge in [-0.2, -0.15) is 0 Å². The average molecular weight is 316 g/mol. The third-order valence-electron chi connectivity index (χ3n) is 4.22. The standard InChI is InChI=1S/C18H24N2O3/c1-4-5-6-7-8-12(2)19-16(21)13-9-10-14-15(11-13)18(23)20(3)17(14)22/h9-12H,4-8H2,1-3H3,(H,19,21)/t12-/m0/s1. The van der Waals surface area contributed by atoms with E-state index in [2.05, 4.69) is 12.2 Å². The van der Waals surface area contributed by atoms with Gasteiger partial charge in [-0.3, -0.25) is 19.3 Å². The molecule has 5 nitrogen and oxygen atoms in total. The van der Waals surface area contributed by atoms with Gasteiger partial charge >= 0.3 is 0 Å². The van der Waals surface area contributed by atoms with E-state index in [1.807, 2.05) is 6.92 Å². The normalized spacial score (nSPS) is 14.8. The molecule has 0 unspecified atom stereocenters. The summed E-state index contributed by atoms with van der Waals surface area (Å²) in [5.41, 5.74) is 1.09. The highest BCUT2D eigenvalue weighted by molar-refractivity contribution is 6.21. The third kappa shape index (κ3) is 3.78. The van der Waals surface area contributed by atoms with E-state index in [9.17, 15) is 14.4 Å². The van der Waals surface area contributed by atoms with Crippen LogP contribution >= 0.6 is 0 Å². The van der Waals surface area contributed by atoms with Gasteiger partial charge in [0.2, 0.25) is 0 Å². The van der Waals surface area contributed by atoms with Crippen molar-refractivity contribution >= 4 is 17.7 Å². The van der Waals surface area contributed by atoms with Crippen molar-refractivity contribution in [3.63, 3.8) is 0 Å². The van der Waals surface area contributed by atoms with Crippen LogP contribution < -0.4 is 5.32 Å². The molecule has 1 heterocycles. The van der Waals surface area contributed by atoms with Crippen molar-refractivity contribution in [2.45, 2.75) is 52.0 Å². The predicted molar refractivity (Wildman–Crippen MR) is 88.6 cm³/mol. The summed E-state index contributed by atoms with van der Waals surface area (Å²) in [5.74, 6) is -0.876. The molecule has 2 rings (SSSR count). The fourth-order valence-electron chi connectivity index (χ4n) is 2.76. The number of nitrogens with zero attached hydrogens (tertiary/aromatic N) is 1. The maximum absolute atomic E-state index is 12.3. The van der Waals surface area contributed by atoms with Crippen LogP contribution in [0, 0.1) is 0 Å². The molecule has 1 atom stereocenters. The predicted octanol–water partition coefficient (Wildman–Crippen LogP) is 3.00. The maximum atomic E-state index is 12.3. The zero-order valence-electron chi connectivity index (χ0n) is 14.0. The SMILES string of the molecule is CCCCCC[C@H](C)NC(=O)c1ccc2c(c1)C(=O)N(C)C2=O. The topological polar surface area (TPSA) is 66.5 Å². The lowest BCUT2D eigenvalue weighted by Gasteiger charge is -2.14. The molecule has 5 heteroatoms. The van der Waals surface area contributed by atoms with Crippen LogP contribution in [0.4, 0.5) is 0 Å². The van der Waals surface area contributed by atoms with Crippen molar-refractivity contribution < 1.29 is 14.4 Å². The number of benzene rings is 1. The first kappa shape index (κ1) is 17.2. The minimum absolute atomic E-state index is 0.0904. The van der Waals surface area contributed by atoms with Gasteiger partial charge in [-0.05, 0) is 31.5 Å². The Bertz CT molecular complexity index is 625. The second kappa shape index (κ2) is 7.40. The molecule has 1 aromatic carbocycles. The average Bonchev–Trinajstić information content (AvgIpc) is 2.76. The van der Waals surface area contributed by atoms with Gasteiger partial charge in [0, 0.05) is 18.7 Å². The summed E-state index contributed by atoms with van der Waals surface area (Å²) in [6.07, 6.45) is 5.62. The van der Waals surface area contributed by atoms with Crippen molar-refractivity contribution in [2.75, 3.05) is 7.05 Å². The van der Waals surface area contributed by atoms with Gasteiger partial charge in [-0.1, -0.05) is 32.6 Å². The summed E-state index contributed by atoms with van der Waals surface area (Å²) >= 11 is 0.